The normalized spacial score (nSPS) is 27.6. The summed E-state index contributed by atoms with van der Waals surface area (Å²) in [6, 6.07) is 11.5. The maximum absolute atomic E-state index is 14.0. The molecule has 3 saturated heterocycles. The summed E-state index contributed by atoms with van der Waals surface area (Å²) in [4.78, 5) is 68.3. The Hall–Kier alpha value is -3.11. The van der Waals surface area contributed by atoms with E-state index < -0.39 is 19.7 Å². The van der Waals surface area contributed by atoms with Gasteiger partial charge in [0.25, 0.3) is 5.91 Å². The van der Waals surface area contributed by atoms with Gasteiger partial charge in [0.1, 0.15) is 12.1 Å². The van der Waals surface area contributed by atoms with Gasteiger partial charge in [-0.15, -0.1) is 11.3 Å². The van der Waals surface area contributed by atoms with E-state index in [2.05, 4.69) is 10.3 Å². The van der Waals surface area contributed by atoms with Crippen LogP contribution in [-0.4, -0.2) is 73.5 Å². The number of hydrogen-bond donors (Lipinski definition) is 3. The third-order valence-electron chi connectivity index (χ3n) is 9.32. The van der Waals surface area contributed by atoms with Crippen molar-refractivity contribution in [2.75, 3.05) is 13.1 Å². The summed E-state index contributed by atoms with van der Waals surface area (Å²) in [7, 11) is -4.21. The molecule has 3 aliphatic heterocycles. The van der Waals surface area contributed by atoms with E-state index in [4.69, 9.17) is 0 Å². The molecule has 0 spiro atoms. The lowest BCUT2D eigenvalue weighted by atomic mass is 9.94. The zero-order valence-electron chi connectivity index (χ0n) is 23.0. The number of benzene rings is 1. The molecule has 2 aromatic heterocycles. The number of pyridine rings is 1. The Labute approximate surface area is 247 Å². The SMILES string of the molecule is O=C(N[C@H]1C[C@H]2C[C@H]2C[C@H]2CC[C@@H](C(=O)N3CC(c4ccccn4)C3)N2C1=O)c1cc2cc(CP(=O)(O)O)ccc2s1. The van der Waals surface area contributed by atoms with Crippen LogP contribution in [0.3, 0.4) is 0 Å². The number of amides is 3. The average Bonchev–Trinajstić information content (AvgIpc) is 3.28. The van der Waals surface area contributed by atoms with Gasteiger partial charge in [-0.2, -0.15) is 0 Å². The molecule has 3 aromatic rings. The maximum Gasteiger partial charge on any atom is 0.329 e. The number of fused-ring (bicyclic) bond motifs is 3. The van der Waals surface area contributed by atoms with Crippen LogP contribution in [-0.2, 0) is 20.3 Å². The van der Waals surface area contributed by atoms with Gasteiger partial charge in [0.2, 0.25) is 11.8 Å². The predicted molar refractivity (Wildman–Crippen MR) is 157 cm³/mol. The number of thiophene rings is 1. The van der Waals surface area contributed by atoms with Crippen LogP contribution in [0, 0.1) is 11.8 Å². The van der Waals surface area contributed by atoms with Crippen molar-refractivity contribution >= 4 is 46.7 Å². The molecule has 0 bridgehead atoms. The molecule has 42 heavy (non-hydrogen) atoms. The van der Waals surface area contributed by atoms with E-state index in [1.807, 2.05) is 23.1 Å². The van der Waals surface area contributed by atoms with Gasteiger partial charge in [0, 0.05) is 41.6 Å². The summed E-state index contributed by atoms with van der Waals surface area (Å²) in [5.41, 5.74) is 1.48. The molecule has 1 aromatic carbocycles. The van der Waals surface area contributed by atoms with E-state index in [9.17, 15) is 28.7 Å². The molecule has 220 valence electrons. The number of carbonyl (C=O) groups excluding carboxylic acids is 3. The predicted octanol–water partition coefficient (Wildman–Crippen LogP) is 3.49. The molecule has 4 fully saturated rings. The first-order valence-electron chi connectivity index (χ1n) is 14.5. The molecule has 10 nitrogen and oxygen atoms in total. The van der Waals surface area contributed by atoms with Crippen LogP contribution in [0.4, 0.5) is 0 Å². The van der Waals surface area contributed by atoms with E-state index in [-0.39, 0.29) is 35.8 Å². The van der Waals surface area contributed by atoms with Crippen LogP contribution in [0.2, 0.25) is 0 Å². The summed E-state index contributed by atoms with van der Waals surface area (Å²) in [5, 5.41) is 3.73. The molecule has 1 aliphatic carbocycles. The largest absolute Gasteiger partial charge is 0.340 e. The van der Waals surface area contributed by atoms with Gasteiger partial charge in [0.15, 0.2) is 0 Å². The van der Waals surface area contributed by atoms with Crippen molar-refractivity contribution < 1.29 is 28.7 Å². The minimum absolute atomic E-state index is 0.00774. The second kappa shape index (κ2) is 10.6. The van der Waals surface area contributed by atoms with Crippen molar-refractivity contribution in [2.45, 2.75) is 62.3 Å². The summed E-state index contributed by atoms with van der Waals surface area (Å²) in [5.74, 6) is 0.622. The van der Waals surface area contributed by atoms with Crippen molar-refractivity contribution in [3.8, 4) is 0 Å². The van der Waals surface area contributed by atoms with Gasteiger partial charge in [-0.1, -0.05) is 12.1 Å². The Morgan fingerprint density at radius 3 is 2.62 bits per heavy atom. The Morgan fingerprint density at radius 2 is 1.86 bits per heavy atom. The number of hydrogen-bond acceptors (Lipinski definition) is 6. The molecule has 5 atom stereocenters. The lowest BCUT2D eigenvalue weighted by Crippen LogP contribution is -2.59. The molecule has 0 unspecified atom stereocenters. The topological polar surface area (TPSA) is 140 Å². The van der Waals surface area contributed by atoms with Crippen molar-refractivity contribution in [3.63, 3.8) is 0 Å². The second-order valence-corrected chi connectivity index (χ2v) is 15.0. The number of nitrogens with one attached hydrogen (secondary N) is 1. The van der Waals surface area contributed by atoms with Crippen molar-refractivity contribution in [2.24, 2.45) is 11.8 Å². The number of rotatable bonds is 6. The van der Waals surface area contributed by atoms with E-state index >= 15 is 0 Å². The summed E-state index contributed by atoms with van der Waals surface area (Å²) >= 11 is 1.28. The Kier molecular flexibility index (Phi) is 6.96. The van der Waals surface area contributed by atoms with E-state index in [1.165, 1.54) is 11.3 Å². The highest BCUT2D eigenvalue weighted by molar-refractivity contribution is 7.50. The van der Waals surface area contributed by atoms with Crippen molar-refractivity contribution in [3.05, 3.63) is 64.8 Å². The van der Waals surface area contributed by atoms with Crippen LogP contribution in [0.15, 0.2) is 48.7 Å². The van der Waals surface area contributed by atoms with Crippen molar-refractivity contribution in [1.82, 2.24) is 20.1 Å². The number of carbonyl (C=O) groups is 3. The molecule has 3 amide bonds. The van der Waals surface area contributed by atoms with Crippen LogP contribution < -0.4 is 5.32 Å². The lowest BCUT2D eigenvalue weighted by Gasteiger charge is -2.43. The highest BCUT2D eigenvalue weighted by atomic mass is 32.1. The van der Waals surface area contributed by atoms with Gasteiger partial charge in [-0.05, 0) is 85.2 Å². The van der Waals surface area contributed by atoms with Gasteiger partial charge in [-0.3, -0.25) is 23.9 Å². The third-order valence-corrected chi connectivity index (χ3v) is 11.2. The van der Waals surface area contributed by atoms with Crippen LogP contribution in [0.25, 0.3) is 10.1 Å². The highest BCUT2D eigenvalue weighted by Crippen LogP contribution is 2.49. The minimum atomic E-state index is -4.21. The molecular weight excluding hydrogens is 575 g/mol. The zero-order chi connectivity index (χ0) is 29.2. The van der Waals surface area contributed by atoms with Gasteiger partial charge >= 0.3 is 7.60 Å². The van der Waals surface area contributed by atoms with E-state index in [0.29, 0.717) is 48.2 Å². The summed E-state index contributed by atoms with van der Waals surface area (Å²) in [6.45, 7) is 1.21. The molecule has 4 aliphatic rings. The number of nitrogens with zero attached hydrogens (tertiary/aromatic N) is 3. The smallest absolute Gasteiger partial charge is 0.329 e. The van der Waals surface area contributed by atoms with Gasteiger partial charge in [-0.25, -0.2) is 0 Å². The Bertz CT molecular complexity index is 1600. The van der Waals surface area contributed by atoms with Gasteiger partial charge in [0.05, 0.1) is 11.0 Å². The molecule has 1 saturated carbocycles. The Balaban J connectivity index is 1.07. The monoisotopic (exact) mass is 608 g/mol. The summed E-state index contributed by atoms with van der Waals surface area (Å²) in [6.07, 6.45) is 5.39. The highest BCUT2D eigenvalue weighted by Gasteiger charge is 2.52. The second-order valence-electron chi connectivity index (χ2n) is 12.2. The first-order valence-corrected chi connectivity index (χ1v) is 17.1. The van der Waals surface area contributed by atoms with E-state index in [0.717, 1.165) is 35.0 Å². The molecule has 12 heteroatoms. The minimum Gasteiger partial charge on any atom is -0.340 e. The number of likely N-dealkylation sites (tertiary alicyclic amines) is 1. The molecule has 3 N–H and O–H groups in total. The van der Waals surface area contributed by atoms with Crippen LogP contribution in [0.1, 0.15) is 59.0 Å². The fourth-order valence-electron chi connectivity index (χ4n) is 7.08. The molecule has 5 heterocycles. The third kappa shape index (κ3) is 5.39. The van der Waals surface area contributed by atoms with Gasteiger partial charge < -0.3 is 24.9 Å². The standard InChI is InChI=1S/C30H33N4O6PS/c35-28(27-13-20-9-17(16-41(38,39)40)4-7-26(20)42-27)32-24-12-19-10-18(19)11-22-5-6-25(34(22)29(24)36)30(37)33-14-21(15-33)23-3-1-2-8-31-23/h1-4,7-9,13,18-19,21-22,24-25H,5-6,10-12,14-16H2,(H,32,35)(H2,38,39,40)/t18-,19+,22+,24-,25-/m0/s1. The number of aromatic nitrogens is 1. The zero-order valence-corrected chi connectivity index (χ0v) is 24.7. The Morgan fingerprint density at radius 1 is 1.05 bits per heavy atom. The van der Waals surface area contributed by atoms with E-state index in [1.54, 1.807) is 35.4 Å². The molecule has 7 rings (SSSR count). The van der Waals surface area contributed by atoms with Crippen LogP contribution >= 0.6 is 18.9 Å². The van der Waals surface area contributed by atoms with Crippen molar-refractivity contribution in [1.29, 1.82) is 0 Å². The fourth-order valence-corrected chi connectivity index (χ4v) is 8.69. The summed E-state index contributed by atoms with van der Waals surface area (Å²) < 4.78 is 12.3. The maximum atomic E-state index is 14.0. The lowest BCUT2D eigenvalue weighted by molar-refractivity contribution is -0.149. The molecular formula is C30H33N4O6PS. The average molecular weight is 609 g/mol. The van der Waals surface area contributed by atoms with Crippen LogP contribution in [0.5, 0.6) is 0 Å². The fraction of sp³-hybridized carbons (Fsp3) is 0.467. The first-order chi connectivity index (χ1) is 20.1. The molecule has 0 radical (unpaired) electrons. The quantitative estimate of drug-likeness (QED) is 0.364. The first kappa shape index (κ1) is 27.7.